The average molecular weight is 376 g/mol. The van der Waals surface area contributed by atoms with Gasteiger partial charge < -0.3 is 14.7 Å². The van der Waals surface area contributed by atoms with Crippen LogP contribution in [0.15, 0.2) is 0 Å². The van der Waals surface area contributed by atoms with E-state index in [1.165, 1.54) is 12.8 Å². The second kappa shape index (κ2) is 8.95. The molecule has 0 spiro atoms. The summed E-state index contributed by atoms with van der Waals surface area (Å²) in [6, 6.07) is 0. The molecular formula is C16H28N2O6S. The summed E-state index contributed by atoms with van der Waals surface area (Å²) in [6.45, 7) is 0.493. The van der Waals surface area contributed by atoms with Crippen molar-refractivity contribution in [1.82, 2.24) is 9.21 Å². The maximum absolute atomic E-state index is 12.8. The number of hydrogen-bond donors (Lipinski definition) is 1. The van der Waals surface area contributed by atoms with Crippen molar-refractivity contribution in [2.75, 3.05) is 39.0 Å². The molecule has 1 saturated heterocycles. The second-order valence-electron chi connectivity index (χ2n) is 6.91. The van der Waals surface area contributed by atoms with Crippen molar-refractivity contribution in [2.24, 2.45) is 5.92 Å². The summed E-state index contributed by atoms with van der Waals surface area (Å²) in [6.07, 6.45) is 6.80. The Kier molecular flexibility index (Phi) is 7.21. The minimum Gasteiger partial charge on any atom is -0.480 e. The molecule has 0 aromatic heterocycles. The first-order chi connectivity index (χ1) is 11.8. The van der Waals surface area contributed by atoms with Gasteiger partial charge in [0.05, 0.1) is 19.0 Å². The maximum Gasteiger partial charge on any atom is 0.318 e. The van der Waals surface area contributed by atoms with E-state index in [-0.39, 0.29) is 18.4 Å². The van der Waals surface area contributed by atoms with Crippen LogP contribution in [0.4, 0.5) is 0 Å². The zero-order valence-corrected chi connectivity index (χ0v) is 15.5. The Hall–Kier alpha value is -1.19. The van der Waals surface area contributed by atoms with Gasteiger partial charge in [0.25, 0.3) is 0 Å². The molecule has 0 aromatic carbocycles. The van der Waals surface area contributed by atoms with Gasteiger partial charge in [-0.2, -0.15) is 4.31 Å². The SMILES string of the molecule is CS(=O)(=O)N(CC(=O)O)CC1CN(C(=O)C2CCCCCC2)CCO1. The summed E-state index contributed by atoms with van der Waals surface area (Å²) in [5.74, 6) is -1.04. The van der Waals surface area contributed by atoms with Crippen LogP contribution in [0.1, 0.15) is 38.5 Å². The molecule has 1 unspecified atom stereocenters. The van der Waals surface area contributed by atoms with Crippen molar-refractivity contribution < 1.29 is 27.9 Å². The van der Waals surface area contributed by atoms with Crippen LogP contribution in [0.3, 0.4) is 0 Å². The summed E-state index contributed by atoms with van der Waals surface area (Å²) in [4.78, 5) is 25.4. The molecule has 9 heteroatoms. The number of nitrogens with zero attached hydrogens (tertiary/aromatic N) is 2. The van der Waals surface area contributed by atoms with Crippen molar-refractivity contribution in [2.45, 2.75) is 44.6 Å². The van der Waals surface area contributed by atoms with Crippen molar-refractivity contribution in [1.29, 1.82) is 0 Å². The summed E-state index contributed by atoms with van der Waals surface area (Å²) < 4.78 is 30.0. The van der Waals surface area contributed by atoms with Gasteiger partial charge in [-0.05, 0) is 12.8 Å². The number of aliphatic carboxylic acids is 1. The summed E-state index contributed by atoms with van der Waals surface area (Å²) in [5.41, 5.74) is 0. The Morgan fingerprint density at radius 3 is 2.40 bits per heavy atom. The van der Waals surface area contributed by atoms with E-state index in [9.17, 15) is 18.0 Å². The topological polar surface area (TPSA) is 104 Å². The molecule has 2 rings (SSSR count). The number of carboxylic acids is 1. The first-order valence-corrected chi connectivity index (χ1v) is 10.7. The highest BCUT2D eigenvalue weighted by Gasteiger charge is 2.32. The first-order valence-electron chi connectivity index (χ1n) is 8.84. The van der Waals surface area contributed by atoms with Crippen LogP contribution in [0.5, 0.6) is 0 Å². The van der Waals surface area contributed by atoms with Crippen LogP contribution in [-0.4, -0.2) is 79.8 Å². The van der Waals surface area contributed by atoms with Crippen LogP contribution in [0.25, 0.3) is 0 Å². The minimum atomic E-state index is -3.65. The molecule has 0 radical (unpaired) electrons. The van der Waals surface area contributed by atoms with Crippen molar-refractivity contribution in [3.05, 3.63) is 0 Å². The fourth-order valence-corrected chi connectivity index (χ4v) is 4.29. The average Bonchev–Trinajstić information content (AvgIpc) is 2.82. The lowest BCUT2D eigenvalue weighted by Gasteiger charge is -2.36. The number of carbonyl (C=O) groups is 2. The highest BCUT2D eigenvalue weighted by atomic mass is 32.2. The Bertz CT molecular complexity index is 571. The largest absolute Gasteiger partial charge is 0.480 e. The van der Waals surface area contributed by atoms with Crippen molar-refractivity contribution >= 4 is 21.9 Å². The number of carbonyl (C=O) groups excluding carboxylic acids is 1. The van der Waals surface area contributed by atoms with Gasteiger partial charge in [-0.3, -0.25) is 9.59 Å². The van der Waals surface area contributed by atoms with Crippen LogP contribution in [-0.2, 0) is 24.3 Å². The lowest BCUT2D eigenvalue weighted by atomic mass is 9.98. The van der Waals surface area contributed by atoms with E-state index >= 15 is 0 Å². The molecule has 1 amide bonds. The Morgan fingerprint density at radius 1 is 1.20 bits per heavy atom. The lowest BCUT2D eigenvalue weighted by Crippen LogP contribution is -2.52. The van der Waals surface area contributed by atoms with Crippen molar-refractivity contribution in [3.8, 4) is 0 Å². The smallest absolute Gasteiger partial charge is 0.318 e. The third kappa shape index (κ3) is 6.23. The van der Waals surface area contributed by atoms with E-state index in [0.717, 1.165) is 36.2 Å². The molecule has 2 aliphatic rings. The van der Waals surface area contributed by atoms with E-state index < -0.39 is 28.6 Å². The van der Waals surface area contributed by atoms with Gasteiger partial charge in [-0.1, -0.05) is 25.7 Å². The highest BCUT2D eigenvalue weighted by molar-refractivity contribution is 7.88. The minimum absolute atomic E-state index is 0.0475. The fraction of sp³-hybridized carbons (Fsp3) is 0.875. The predicted octanol–water partition coefficient (Wildman–Crippen LogP) is 0.530. The van der Waals surface area contributed by atoms with Gasteiger partial charge in [0.2, 0.25) is 15.9 Å². The number of morpholine rings is 1. The van der Waals surface area contributed by atoms with E-state index in [2.05, 4.69) is 0 Å². The van der Waals surface area contributed by atoms with Crippen LogP contribution in [0.2, 0.25) is 0 Å². The summed E-state index contributed by atoms with van der Waals surface area (Å²) in [7, 11) is -3.65. The number of carboxylic acid groups (broad SMARTS) is 1. The van der Waals surface area contributed by atoms with Gasteiger partial charge >= 0.3 is 5.97 Å². The van der Waals surface area contributed by atoms with Gasteiger partial charge in [0.1, 0.15) is 6.54 Å². The van der Waals surface area contributed by atoms with E-state index in [0.29, 0.717) is 19.7 Å². The van der Waals surface area contributed by atoms with E-state index in [4.69, 9.17) is 9.84 Å². The number of sulfonamides is 1. The molecule has 144 valence electrons. The van der Waals surface area contributed by atoms with Gasteiger partial charge in [0, 0.05) is 25.6 Å². The summed E-state index contributed by atoms with van der Waals surface area (Å²) >= 11 is 0. The Labute approximate surface area is 149 Å². The van der Waals surface area contributed by atoms with Gasteiger partial charge in [-0.15, -0.1) is 0 Å². The maximum atomic E-state index is 12.8. The third-order valence-electron chi connectivity index (χ3n) is 4.84. The normalized spacial score (nSPS) is 23.4. The quantitative estimate of drug-likeness (QED) is 0.678. The van der Waals surface area contributed by atoms with Gasteiger partial charge in [-0.25, -0.2) is 8.42 Å². The molecule has 8 nitrogen and oxygen atoms in total. The molecule has 0 aromatic rings. The lowest BCUT2D eigenvalue weighted by molar-refractivity contribution is -0.145. The molecule has 0 bridgehead atoms. The van der Waals surface area contributed by atoms with E-state index in [1.54, 1.807) is 4.90 Å². The number of ether oxygens (including phenoxy) is 1. The monoisotopic (exact) mass is 376 g/mol. The Morgan fingerprint density at radius 2 is 1.84 bits per heavy atom. The molecular weight excluding hydrogens is 348 g/mol. The number of amides is 1. The zero-order chi connectivity index (χ0) is 18.4. The molecule has 1 saturated carbocycles. The molecule has 1 N–H and O–H groups in total. The molecule has 2 fully saturated rings. The molecule has 1 aliphatic heterocycles. The number of hydrogen-bond acceptors (Lipinski definition) is 5. The second-order valence-corrected chi connectivity index (χ2v) is 8.90. The van der Waals surface area contributed by atoms with Crippen LogP contribution in [0, 0.1) is 5.92 Å². The van der Waals surface area contributed by atoms with Crippen molar-refractivity contribution in [3.63, 3.8) is 0 Å². The van der Waals surface area contributed by atoms with Crippen LogP contribution < -0.4 is 0 Å². The first kappa shape index (κ1) is 20.1. The highest BCUT2D eigenvalue weighted by Crippen LogP contribution is 2.25. The molecule has 1 heterocycles. The standard InChI is InChI=1S/C16H28N2O6S/c1-25(22,23)18(12-15(19)20)11-14-10-17(8-9-24-14)16(21)13-6-4-2-3-5-7-13/h13-14H,2-12H2,1H3,(H,19,20). The van der Waals surface area contributed by atoms with E-state index in [1.807, 2.05) is 0 Å². The number of rotatable bonds is 6. The summed E-state index contributed by atoms with van der Waals surface area (Å²) in [5, 5.41) is 8.90. The zero-order valence-electron chi connectivity index (χ0n) is 14.7. The van der Waals surface area contributed by atoms with Crippen LogP contribution >= 0.6 is 0 Å². The molecule has 1 aliphatic carbocycles. The molecule has 25 heavy (non-hydrogen) atoms. The van der Waals surface area contributed by atoms with Gasteiger partial charge in [0.15, 0.2) is 0 Å². The Balaban J connectivity index is 1.96. The predicted molar refractivity (Wildman–Crippen MR) is 91.6 cm³/mol. The fourth-order valence-electron chi connectivity index (χ4n) is 3.51. The third-order valence-corrected chi connectivity index (χ3v) is 6.06. The molecule has 1 atom stereocenters.